The summed E-state index contributed by atoms with van der Waals surface area (Å²) in [6, 6.07) is 12.4. The molecule has 2 aromatic rings. The van der Waals surface area contributed by atoms with E-state index in [0.717, 1.165) is 28.3 Å². The summed E-state index contributed by atoms with van der Waals surface area (Å²) in [6.45, 7) is 5.82. The van der Waals surface area contributed by atoms with Crippen LogP contribution in [0.1, 0.15) is 31.7 Å². The molecule has 3 rings (SSSR count). The van der Waals surface area contributed by atoms with E-state index < -0.39 is 0 Å². The monoisotopic (exact) mass is 393 g/mol. The fraction of sp³-hybridized carbons (Fsp3) is 0.400. The van der Waals surface area contributed by atoms with Crippen molar-refractivity contribution in [2.45, 2.75) is 32.7 Å². The number of nitrogens with zero attached hydrogens (tertiary/aromatic N) is 3. The number of aromatic nitrogens is 1. The molecule has 0 unspecified atom stereocenters. The van der Waals surface area contributed by atoms with Crippen molar-refractivity contribution >= 4 is 11.8 Å². The van der Waals surface area contributed by atoms with Crippen molar-refractivity contribution < 1.29 is 13.8 Å². The second-order valence-electron chi connectivity index (χ2n) is 8.45. The fourth-order valence-electron chi connectivity index (χ4n) is 3.62. The molecule has 1 aromatic carbocycles. The first-order valence-corrected chi connectivity index (χ1v) is 10.7. The topological polar surface area (TPSA) is 16.4 Å². The zero-order chi connectivity index (χ0) is 20.7. The number of rotatable bonds is 9. The zero-order valence-electron chi connectivity index (χ0n) is 18.3. The van der Waals surface area contributed by atoms with Crippen LogP contribution < -0.4 is 14.2 Å². The third-order valence-corrected chi connectivity index (χ3v) is 5.51. The van der Waals surface area contributed by atoms with E-state index in [1.165, 1.54) is 37.9 Å². The van der Waals surface area contributed by atoms with Gasteiger partial charge in [0.2, 0.25) is 0 Å². The Kier molecular flexibility index (Phi) is 7.10. The quantitative estimate of drug-likeness (QED) is 0.456. The standard InChI is InChI=1S/C25H35N3O/c1-5-6-20-28(3,4)21-10-17-27-18-15-22(16-19-27)11-9-14-25-26(2)23-12-7-8-13-24(23)29-25/h7-9,11-16,18-19H,5-6,10,17,20-21H2,1-4H3/q+2. The highest BCUT2D eigenvalue weighted by Crippen LogP contribution is 2.37. The summed E-state index contributed by atoms with van der Waals surface area (Å²) < 4.78 is 9.30. The van der Waals surface area contributed by atoms with Crippen molar-refractivity contribution in [2.75, 3.05) is 39.1 Å². The molecule has 0 radical (unpaired) electrons. The van der Waals surface area contributed by atoms with Gasteiger partial charge in [-0.05, 0) is 30.2 Å². The number of aryl methyl sites for hydroxylation is 1. The van der Waals surface area contributed by atoms with Crippen LogP contribution in [0.3, 0.4) is 0 Å². The minimum Gasteiger partial charge on any atom is -0.439 e. The van der Waals surface area contributed by atoms with Crippen LogP contribution in [0, 0.1) is 0 Å². The summed E-state index contributed by atoms with van der Waals surface area (Å²) in [5.41, 5.74) is 2.29. The molecule has 0 atom stereocenters. The molecule has 2 heterocycles. The van der Waals surface area contributed by atoms with Crippen LogP contribution in [-0.2, 0) is 6.54 Å². The Morgan fingerprint density at radius 1 is 1.03 bits per heavy atom. The van der Waals surface area contributed by atoms with E-state index in [-0.39, 0.29) is 0 Å². The first-order chi connectivity index (χ1) is 14.0. The van der Waals surface area contributed by atoms with E-state index in [4.69, 9.17) is 4.74 Å². The number of quaternary nitrogens is 1. The van der Waals surface area contributed by atoms with E-state index in [9.17, 15) is 0 Å². The number of allylic oxidation sites excluding steroid dienone is 2. The number of para-hydroxylation sites is 2. The van der Waals surface area contributed by atoms with Gasteiger partial charge in [-0.2, -0.15) is 0 Å². The molecule has 0 bridgehead atoms. The average Bonchev–Trinajstić information content (AvgIpc) is 3.03. The van der Waals surface area contributed by atoms with Crippen LogP contribution in [-0.4, -0.2) is 38.7 Å². The summed E-state index contributed by atoms with van der Waals surface area (Å²) in [4.78, 5) is 2.07. The van der Waals surface area contributed by atoms with Gasteiger partial charge in [-0.1, -0.05) is 37.6 Å². The molecule has 29 heavy (non-hydrogen) atoms. The SMILES string of the molecule is CCCC[N+](C)(C)CCC[n+]1ccc(/C=C/C=C2\Oc3ccccc3N2C)cc1. The van der Waals surface area contributed by atoms with Gasteiger partial charge in [0.15, 0.2) is 30.6 Å². The molecule has 154 valence electrons. The van der Waals surface area contributed by atoms with Crippen LogP contribution in [0.25, 0.3) is 6.08 Å². The Morgan fingerprint density at radius 2 is 1.76 bits per heavy atom. The van der Waals surface area contributed by atoms with Gasteiger partial charge in [-0.3, -0.25) is 0 Å². The van der Waals surface area contributed by atoms with Gasteiger partial charge in [-0.15, -0.1) is 0 Å². The summed E-state index contributed by atoms with van der Waals surface area (Å²) in [5.74, 6) is 1.75. The molecule has 4 heteroatoms. The molecule has 1 aliphatic rings. The Morgan fingerprint density at radius 3 is 2.48 bits per heavy atom. The van der Waals surface area contributed by atoms with Gasteiger partial charge in [0.1, 0.15) is 0 Å². The molecule has 0 aliphatic carbocycles. The minimum absolute atomic E-state index is 0.845. The number of unbranched alkanes of at least 4 members (excludes halogenated alkanes) is 1. The molecular formula is C25H35N3O+2. The Hall–Kier alpha value is -2.59. The maximum atomic E-state index is 5.90. The fourth-order valence-corrected chi connectivity index (χ4v) is 3.62. The molecule has 0 fully saturated rings. The van der Waals surface area contributed by atoms with Crippen LogP contribution in [0.15, 0.2) is 66.8 Å². The lowest BCUT2D eigenvalue weighted by atomic mass is 10.2. The number of benzene rings is 1. The van der Waals surface area contributed by atoms with Crippen LogP contribution in [0.5, 0.6) is 5.75 Å². The Balaban J connectivity index is 1.50. The highest BCUT2D eigenvalue weighted by atomic mass is 16.5. The zero-order valence-corrected chi connectivity index (χ0v) is 18.3. The Bertz CT molecular complexity index is 853. The smallest absolute Gasteiger partial charge is 0.200 e. The molecular weight excluding hydrogens is 358 g/mol. The van der Waals surface area contributed by atoms with E-state index in [2.05, 4.69) is 67.2 Å². The highest BCUT2D eigenvalue weighted by Gasteiger charge is 2.21. The number of ether oxygens (including phenoxy) is 1. The van der Waals surface area contributed by atoms with Crippen molar-refractivity contribution in [1.29, 1.82) is 0 Å². The summed E-state index contributed by atoms with van der Waals surface area (Å²) in [7, 11) is 6.71. The second kappa shape index (κ2) is 9.75. The second-order valence-corrected chi connectivity index (χ2v) is 8.45. The molecule has 0 saturated carbocycles. The van der Waals surface area contributed by atoms with Gasteiger partial charge >= 0.3 is 0 Å². The van der Waals surface area contributed by atoms with Crippen LogP contribution >= 0.6 is 0 Å². The van der Waals surface area contributed by atoms with Gasteiger partial charge < -0.3 is 14.1 Å². The molecule has 0 saturated heterocycles. The normalized spacial score (nSPS) is 15.2. The van der Waals surface area contributed by atoms with Gasteiger partial charge in [0, 0.05) is 19.2 Å². The molecule has 1 aromatic heterocycles. The lowest BCUT2D eigenvalue weighted by Crippen LogP contribution is -2.43. The summed E-state index contributed by atoms with van der Waals surface area (Å²) in [5, 5.41) is 0. The van der Waals surface area contributed by atoms with Crippen molar-refractivity contribution in [3.63, 3.8) is 0 Å². The van der Waals surface area contributed by atoms with E-state index in [0.29, 0.717) is 0 Å². The number of pyridine rings is 1. The minimum atomic E-state index is 0.845. The lowest BCUT2D eigenvalue weighted by molar-refractivity contribution is -0.893. The molecule has 1 aliphatic heterocycles. The third-order valence-electron chi connectivity index (χ3n) is 5.51. The van der Waals surface area contributed by atoms with E-state index in [1.807, 2.05) is 37.4 Å². The number of anilines is 1. The molecule has 0 spiro atoms. The number of hydrogen-bond donors (Lipinski definition) is 0. The van der Waals surface area contributed by atoms with Crippen molar-refractivity contribution in [1.82, 2.24) is 0 Å². The first-order valence-electron chi connectivity index (χ1n) is 10.7. The number of fused-ring (bicyclic) bond motifs is 1. The maximum absolute atomic E-state index is 5.90. The third kappa shape index (κ3) is 5.94. The number of hydrogen-bond acceptors (Lipinski definition) is 2. The van der Waals surface area contributed by atoms with Gasteiger partial charge in [0.05, 0.1) is 39.3 Å². The predicted molar refractivity (Wildman–Crippen MR) is 121 cm³/mol. The predicted octanol–water partition coefficient (Wildman–Crippen LogP) is 4.62. The van der Waals surface area contributed by atoms with Crippen molar-refractivity contribution in [3.8, 4) is 5.75 Å². The van der Waals surface area contributed by atoms with Gasteiger partial charge in [0.25, 0.3) is 0 Å². The highest BCUT2D eigenvalue weighted by molar-refractivity contribution is 5.66. The van der Waals surface area contributed by atoms with Crippen LogP contribution in [0.2, 0.25) is 0 Å². The average molecular weight is 394 g/mol. The molecule has 4 nitrogen and oxygen atoms in total. The van der Waals surface area contributed by atoms with Crippen LogP contribution in [0.4, 0.5) is 5.69 Å². The lowest BCUT2D eigenvalue weighted by Gasteiger charge is -2.29. The molecule has 0 amide bonds. The Labute approximate surface area is 175 Å². The van der Waals surface area contributed by atoms with E-state index in [1.54, 1.807) is 0 Å². The van der Waals surface area contributed by atoms with Gasteiger partial charge in [-0.25, -0.2) is 4.57 Å². The molecule has 0 N–H and O–H groups in total. The van der Waals surface area contributed by atoms with Crippen molar-refractivity contribution in [2.24, 2.45) is 0 Å². The summed E-state index contributed by atoms with van der Waals surface area (Å²) in [6.07, 6.45) is 14.3. The van der Waals surface area contributed by atoms with Crippen molar-refractivity contribution in [3.05, 3.63) is 72.4 Å². The maximum Gasteiger partial charge on any atom is 0.200 e. The largest absolute Gasteiger partial charge is 0.439 e. The first kappa shape index (κ1) is 21.1. The van der Waals surface area contributed by atoms with E-state index >= 15 is 0 Å². The summed E-state index contributed by atoms with van der Waals surface area (Å²) >= 11 is 0.